The second-order valence-electron chi connectivity index (χ2n) is 10.9. The molecule has 1 nitrogen and oxygen atoms in total. The number of aryl methyl sites for hydroxylation is 2. The number of nitrogens with zero attached hydrogens (tertiary/aromatic N) is 1. The van der Waals surface area contributed by atoms with Crippen molar-refractivity contribution in [1.29, 1.82) is 0 Å². The largest absolute Gasteiger partial charge is 0.309 e. The molecule has 0 amide bonds. The Hall–Kier alpha value is -4.10. The van der Waals surface area contributed by atoms with E-state index in [1.807, 2.05) is 0 Å². The molecule has 1 aliphatic carbocycles. The van der Waals surface area contributed by atoms with Crippen LogP contribution in [0, 0.1) is 13.8 Å². The normalized spacial score (nSPS) is 13.8. The number of rotatable bonds is 2. The van der Waals surface area contributed by atoms with Gasteiger partial charge in [0.15, 0.2) is 0 Å². The Morgan fingerprint density at radius 3 is 2.00 bits per heavy atom. The van der Waals surface area contributed by atoms with Crippen molar-refractivity contribution in [1.82, 2.24) is 4.57 Å². The third-order valence-corrected chi connectivity index (χ3v) is 8.06. The van der Waals surface area contributed by atoms with Crippen LogP contribution in [0.25, 0.3) is 49.7 Å². The molecule has 1 heterocycles. The molecule has 1 heteroatoms. The maximum Gasteiger partial charge on any atom is 0.0547 e. The second kappa shape index (κ2) is 7.45. The summed E-state index contributed by atoms with van der Waals surface area (Å²) in [5, 5.41) is 2.59. The van der Waals surface area contributed by atoms with Gasteiger partial charge in [-0.2, -0.15) is 0 Å². The number of benzene rings is 5. The molecule has 7 rings (SSSR count). The van der Waals surface area contributed by atoms with Gasteiger partial charge in [-0.1, -0.05) is 86.6 Å². The first-order valence-electron chi connectivity index (χ1n) is 12.8. The van der Waals surface area contributed by atoms with Crippen LogP contribution in [0.15, 0.2) is 103 Å². The Labute approximate surface area is 212 Å². The van der Waals surface area contributed by atoms with E-state index >= 15 is 0 Å². The van der Waals surface area contributed by atoms with Crippen LogP contribution < -0.4 is 0 Å². The third kappa shape index (κ3) is 2.96. The quantitative estimate of drug-likeness (QED) is 0.241. The number of hydrogen-bond acceptors (Lipinski definition) is 0. The zero-order valence-electron chi connectivity index (χ0n) is 21.3. The third-order valence-electron chi connectivity index (χ3n) is 8.06. The zero-order valence-corrected chi connectivity index (χ0v) is 21.3. The molecular weight excluding hydrogens is 434 g/mol. The van der Waals surface area contributed by atoms with Crippen molar-refractivity contribution in [3.8, 4) is 27.9 Å². The highest BCUT2D eigenvalue weighted by atomic mass is 15.0. The molecule has 0 atom stereocenters. The number of fused-ring (bicyclic) bond motifs is 6. The standard InChI is InChI=1S/C35H29N/c1-22-17-23(2)19-26(18-22)36-33-12-8-6-10-28(33)29-15-13-25(21-34(29)36)24-14-16-32-30(20-24)27-9-5-7-11-31(27)35(32,3)4/h5-21H,1-4H3. The van der Waals surface area contributed by atoms with E-state index in [4.69, 9.17) is 0 Å². The molecule has 0 N–H and O–H groups in total. The van der Waals surface area contributed by atoms with Gasteiger partial charge in [-0.05, 0) is 88.7 Å². The molecule has 6 aromatic rings. The van der Waals surface area contributed by atoms with Gasteiger partial charge in [-0.25, -0.2) is 0 Å². The molecule has 1 aliphatic rings. The van der Waals surface area contributed by atoms with Crippen LogP contribution in [-0.4, -0.2) is 4.57 Å². The molecule has 0 aliphatic heterocycles. The van der Waals surface area contributed by atoms with Gasteiger partial charge in [0, 0.05) is 21.9 Å². The van der Waals surface area contributed by atoms with E-state index < -0.39 is 0 Å². The molecule has 0 saturated heterocycles. The number of para-hydroxylation sites is 1. The molecule has 0 spiro atoms. The van der Waals surface area contributed by atoms with Crippen molar-refractivity contribution in [2.75, 3.05) is 0 Å². The summed E-state index contributed by atoms with van der Waals surface area (Å²) in [6.07, 6.45) is 0. The van der Waals surface area contributed by atoms with E-state index in [0.717, 1.165) is 0 Å². The summed E-state index contributed by atoms with van der Waals surface area (Å²) >= 11 is 0. The van der Waals surface area contributed by atoms with E-state index in [0.29, 0.717) is 0 Å². The molecule has 1 aromatic heterocycles. The molecule has 5 aromatic carbocycles. The van der Waals surface area contributed by atoms with Crippen LogP contribution in [0.1, 0.15) is 36.1 Å². The predicted molar refractivity (Wildman–Crippen MR) is 153 cm³/mol. The summed E-state index contributed by atoms with van der Waals surface area (Å²) in [4.78, 5) is 0. The molecule has 0 fully saturated rings. The van der Waals surface area contributed by atoms with Crippen LogP contribution in [-0.2, 0) is 5.41 Å². The van der Waals surface area contributed by atoms with E-state index in [2.05, 4.69) is 135 Å². The lowest BCUT2D eigenvalue weighted by atomic mass is 9.82. The van der Waals surface area contributed by atoms with Crippen molar-refractivity contribution >= 4 is 21.8 Å². The van der Waals surface area contributed by atoms with Gasteiger partial charge < -0.3 is 4.57 Å². The van der Waals surface area contributed by atoms with Gasteiger partial charge >= 0.3 is 0 Å². The maximum atomic E-state index is 2.43. The van der Waals surface area contributed by atoms with Crippen molar-refractivity contribution < 1.29 is 0 Å². The molecule has 0 radical (unpaired) electrons. The van der Waals surface area contributed by atoms with Gasteiger partial charge in [-0.3, -0.25) is 0 Å². The minimum Gasteiger partial charge on any atom is -0.309 e. The summed E-state index contributed by atoms with van der Waals surface area (Å²) < 4.78 is 2.43. The van der Waals surface area contributed by atoms with Crippen LogP contribution in [0.4, 0.5) is 0 Å². The number of aromatic nitrogens is 1. The lowest BCUT2D eigenvalue weighted by Crippen LogP contribution is -2.14. The lowest BCUT2D eigenvalue weighted by molar-refractivity contribution is 0.660. The molecule has 36 heavy (non-hydrogen) atoms. The van der Waals surface area contributed by atoms with Gasteiger partial charge in [-0.15, -0.1) is 0 Å². The Balaban J connectivity index is 1.47. The average Bonchev–Trinajstić information content (AvgIpc) is 3.32. The summed E-state index contributed by atoms with van der Waals surface area (Å²) in [7, 11) is 0. The first-order chi connectivity index (χ1) is 17.4. The van der Waals surface area contributed by atoms with Crippen molar-refractivity contribution in [3.63, 3.8) is 0 Å². The minimum absolute atomic E-state index is 0.0316. The number of hydrogen-bond donors (Lipinski definition) is 0. The topological polar surface area (TPSA) is 4.93 Å². The highest BCUT2D eigenvalue weighted by molar-refractivity contribution is 6.10. The summed E-state index contributed by atoms with van der Waals surface area (Å²) in [5.74, 6) is 0. The van der Waals surface area contributed by atoms with Crippen molar-refractivity contribution in [2.24, 2.45) is 0 Å². The van der Waals surface area contributed by atoms with Crippen LogP contribution >= 0.6 is 0 Å². The predicted octanol–water partition coefficient (Wildman–Crippen LogP) is 9.37. The molecular formula is C35H29N. The molecule has 174 valence electrons. The lowest BCUT2D eigenvalue weighted by Gasteiger charge is -2.21. The first-order valence-corrected chi connectivity index (χ1v) is 12.8. The summed E-state index contributed by atoms with van der Waals surface area (Å²) in [6.45, 7) is 9.04. The summed E-state index contributed by atoms with van der Waals surface area (Å²) in [6, 6.07) is 38.5. The van der Waals surface area contributed by atoms with Gasteiger partial charge in [0.05, 0.1) is 11.0 Å². The molecule has 0 saturated carbocycles. The van der Waals surface area contributed by atoms with Gasteiger partial charge in [0.2, 0.25) is 0 Å². The van der Waals surface area contributed by atoms with Crippen LogP contribution in [0.5, 0.6) is 0 Å². The average molecular weight is 464 g/mol. The zero-order chi connectivity index (χ0) is 24.6. The van der Waals surface area contributed by atoms with E-state index in [1.54, 1.807) is 0 Å². The van der Waals surface area contributed by atoms with Gasteiger partial charge in [0.1, 0.15) is 0 Å². The fourth-order valence-corrected chi connectivity index (χ4v) is 6.41. The van der Waals surface area contributed by atoms with Crippen LogP contribution in [0.2, 0.25) is 0 Å². The SMILES string of the molecule is Cc1cc(C)cc(-n2c3ccccc3c3ccc(-c4ccc5c(c4)-c4ccccc4C5(C)C)cc32)c1. The minimum atomic E-state index is 0.0316. The summed E-state index contributed by atoms with van der Waals surface area (Å²) in [5.41, 5.74) is 14.4. The fraction of sp³-hybridized carbons (Fsp3) is 0.143. The molecule has 0 unspecified atom stereocenters. The molecule has 0 bridgehead atoms. The highest BCUT2D eigenvalue weighted by Gasteiger charge is 2.35. The smallest absolute Gasteiger partial charge is 0.0547 e. The van der Waals surface area contributed by atoms with Crippen LogP contribution in [0.3, 0.4) is 0 Å². The van der Waals surface area contributed by atoms with Crippen molar-refractivity contribution in [3.05, 3.63) is 125 Å². The Kier molecular flexibility index (Phi) is 4.39. The van der Waals surface area contributed by atoms with Gasteiger partial charge in [0.25, 0.3) is 0 Å². The first kappa shape index (κ1) is 21.2. The maximum absolute atomic E-state index is 2.43. The monoisotopic (exact) mass is 463 g/mol. The Bertz CT molecular complexity index is 1810. The van der Waals surface area contributed by atoms with E-state index in [1.165, 1.54) is 72.0 Å². The van der Waals surface area contributed by atoms with Crippen molar-refractivity contribution in [2.45, 2.75) is 33.1 Å². The fourth-order valence-electron chi connectivity index (χ4n) is 6.41. The highest BCUT2D eigenvalue weighted by Crippen LogP contribution is 2.49. The Morgan fingerprint density at radius 1 is 0.528 bits per heavy atom. The Morgan fingerprint density at radius 2 is 1.17 bits per heavy atom. The van der Waals surface area contributed by atoms with E-state index in [-0.39, 0.29) is 5.41 Å². The van der Waals surface area contributed by atoms with E-state index in [9.17, 15) is 0 Å². The second-order valence-corrected chi connectivity index (χ2v) is 10.9.